The monoisotopic (exact) mass is 471 g/mol. The van der Waals surface area contributed by atoms with E-state index in [9.17, 15) is 18.0 Å². The summed E-state index contributed by atoms with van der Waals surface area (Å²) in [6.07, 6.45) is 3.70. The van der Waals surface area contributed by atoms with Gasteiger partial charge in [-0.25, -0.2) is 8.42 Å². The summed E-state index contributed by atoms with van der Waals surface area (Å²) in [4.78, 5) is 28.5. The number of ether oxygens (including phenoxy) is 1. The standard InChI is InChI=1S/C24H29N3O5S/c1-25(16-19-9-5-4-6-10-19)23(28)17-27-21-15-20(11-12-22(21)32-18-24(27)29)33(30,31)26-13-7-2-3-8-14-26/h4-6,9-12,15H,2-3,7-8,13-14,16-18H2,1H3. The predicted octanol–water partition coefficient (Wildman–Crippen LogP) is 2.64. The first-order valence-corrected chi connectivity index (χ1v) is 12.7. The number of amides is 2. The van der Waals surface area contributed by atoms with Gasteiger partial charge in [0, 0.05) is 26.7 Å². The minimum absolute atomic E-state index is 0.108. The molecule has 1 fully saturated rings. The van der Waals surface area contributed by atoms with Gasteiger partial charge in [-0.2, -0.15) is 4.31 Å². The van der Waals surface area contributed by atoms with Crippen LogP contribution in [-0.4, -0.2) is 62.7 Å². The molecule has 4 rings (SSSR count). The number of fused-ring (bicyclic) bond motifs is 1. The van der Waals surface area contributed by atoms with Crippen molar-refractivity contribution in [1.82, 2.24) is 9.21 Å². The van der Waals surface area contributed by atoms with Crippen molar-refractivity contribution in [2.75, 3.05) is 38.2 Å². The van der Waals surface area contributed by atoms with E-state index >= 15 is 0 Å². The molecule has 0 N–H and O–H groups in total. The smallest absolute Gasteiger partial charge is 0.265 e. The van der Waals surface area contributed by atoms with E-state index in [0.29, 0.717) is 31.1 Å². The van der Waals surface area contributed by atoms with Gasteiger partial charge in [0.25, 0.3) is 5.91 Å². The predicted molar refractivity (Wildman–Crippen MR) is 124 cm³/mol. The zero-order valence-electron chi connectivity index (χ0n) is 18.8. The molecule has 0 atom stereocenters. The third kappa shape index (κ3) is 5.20. The van der Waals surface area contributed by atoms with Crippen LogP contribution < -0.4 is 9.64 Å². The molecule has 176 valence electrons. The lowest BCUT2D eigenvalue weighted by Gasteiger charge is -2.31. The summed E-state index contributed by atoms with van der Waals surface area (Å²) in [7, 11) is -2.02. The first kappa shape index (κ1) is 23.3. The fourth-order valence-corrected chi connectivity index (χ4v) is 5.69. The van der Waals surface area contributed by atoms with Gasteiger partial charge in [-0.15, -0.1) is 0 Å². The Labute approximate surface area is 194 Å². The number of hydrogen-bond acceptors (Lipinski definition) is 5. The van der Waals surface area contributed by atoms with Gasteiger partial charge in [-0.05, 0) is 36.6 Å². The number of hydrogen-bond donors (Lipinski definition) is 0. The van der Waals surface area contributed by atoms with Crippen LogP contribution in [-0.2, 0) is 26.2 Å². The van der Waals surface area contributed by atoms with E-state index in [1.165, 1.54) is 21.3 Å². The molecule has 2 heterocycles. The lowest BCUT2D eigenvalue weighted by atomic mass is 10.2. The Morgan fingerprint density at radius 2 is 1.73 bits per heavy atom. The van der Waals surface area contributed by atoms with E-state index in [-0.39, 0.29) is 29.9 Å². The Balaban J connectivity index is 1.56. The van der Waals surface area contributed by atoms with E-state index in [1.54, 1.807) is 18.0 Å². The number of nitrogens with zero attached hydrogens (tertiary/aromatic N) is 3. The van der Waals surface area contributed by atoms with Crippen LogP contribution in [0.15, 0.2) is 53.4 Å². The fourth-order valence-electron chi connectivity index (χ4n) is 4.15. The number of carbonyl (C=O) groups is 2. The van der Waals surface area contributed by atoms with Crippen molar-refractivity contribution in [3.8, 4) is 5.75 Å². The maximum Gasteiger partial charge on any atom is 0.265 e. The Morgan fingerprint density at radius 3 is 2.42 bits per heavy atom. The lowest BCUT2D eigenvalue weighted by molar-refractivity contribution is -0.131. The van der Waals surface area contributed by atoms with Gasteiger partial charge in [0.1, 0.15) is 12.3 Å². The maximum absolute atomic E-state index is 13.3. The number of anilines is 1. The van der Waals surface area contributed by atoms with Crippen LogP contribution in [0.2, 0.25) is 0 Å². The van der Waals surface area contributed by atoms with Crippen LogP contribution in [0.1, 0.15) is 31.2 Å². The van der Waals surface area contributed by atoms with Gasteiger partial charge in [0.15, 0.2) is 6.61 Å². The van der Waals surface area contributed by atoms with Crippen LogP contribution in [0.4, 0.5) is 5.69 Å². The highest BCUT2D eigenvalue weighted by molar-refractivity contribution is 7.89. The van der Waals surface area contributed by atoms with Crippen molar-refractivity contribution in [2.45, 2.75) is 37.1 Å². The average molecular weight is 472 g/mol. The van der Waals surface area contributed by atoms with Crippen LogP contribution in [0.3, 0.4) is 0 Å². The molecule has 1 saturated heterocycles. The topological polar surface area (TPSA) is 87.2 Å². The molecule has 9 heteroatoms. The molecule has 8 nitrogen and oxygen atoms in total. The number of sulfonamides is 1. The van der Waals surface area contributed by atoms with E-state index in [1.807, 2.05) is 30.3 Å². The molecule has 2 amide bonds. The molecule has 2 aliphatic rings. The molecule has 2 aromatic carbocycles. The summed E-state index contributed by atoms with van der Waals surface area (Å²) in [5.74, 6) is -0.239. The number of rotatable bonds is 6. The highest BCUT2D eigenvalue weighted by Crippen LogP contribution is 2.35. The minimum Gasteiger partial charge on any atom is -0.482 e. The minimum atomic E-state index is -3.70. The molecule has 0 bridgehead atoms. The largest absolute Gasteiger partial charge is 0.482 e. The van der Waals surface area contributed by atoms with Gasteiger partial charge >= 0.3 is 0 Å². The van der Waals surface area contributed by atoms with Crippen molar-refractivity contribution in [1.29, 1.82) is 0 Å². The summed E-state index contributed by atoms with van der Waals surface area (Å²) >= 11 is 0. The molecular formula is C24H29N3O5S. The first-order valence-electron chi connectivity index (χ1n) is 11.2. The molecular weight excluding hydrogens is 442 g/mol. The summed E-state index contributed by atoms with van der Waals surface area (Å²) in [6, 6.07) is 14.1. The van der Waals surface area contributed by atoms with E-state index in [2.05, 4.69) is 0 Å². The second-order valence-electron chi connectivity index (χ2n) is 8.45. The zero-order chi connectivity index (χ0) is 23.4. The van der Waals surface area contributed by atoms with Gasteiger partial charge < -0.3 is 9.64 Å². The van der Waals surface area contributed by atoms with Gasteiger partial charge in [0.05, 0.1) is 10.6 Å². The summed E-state index contributed by atoms with van der Waals surface area (Å²) in [5.41, 5.74) is 1.29. The van der Waals surface area contributed by atoms with Crippen LogP contribution in [0.5, 0.6) is 5.75 Å². The van der Waals surface area contributed by atoms with Gasteiger partial charge in [0.2, 0.25) is 15.9 Å². The molecule has 0 spiro atoms. The summed E-state index contributed by atoms with van der Waals surface area (Å²) < 4.78 is 33.5. The van der Waals surface area contributed by atoms with Gasteiger partial charge in [-0.3, -0.25) is 14.5 Å². The van der Waals surface area contributed by atoms with E-state index < -0.39 is 10.0 Å². The Kier molecular flexibility index (Phi) is 6.99. The lowest BCUT2D eigenvalue weighted by Crippen LogP contribution is -2.45. The van der Waals surface area contributed by atoms with Crippen molar-refractivity contribution >= 4 is 27.5 Å². The highest BCUT2D eigenvalue weighted by atomic mass is 32.2. The normalized spacial score (nSPS) is 17.1. The van der Waals surface area contributed by atoms with Crippen molar-refractivity contribution in [3.05, 3.63) is 54.1 Å². The van der Waals surface area contributed by atoms with E-state index in [0.717, 1.165) is 31.2 Å². The zero-order valence-corrected chi connectivity index (χ0v) is 19.6. The fraction of sp³-hybridized carbons (Fsp3) is 0.417. The van der Waals surface area contributed by atoms with Gasteiger partial charge in [-0.1, -0.05) is 43.2 Å². The number of carbonyl (C=O) groups excluding carboxylic acids is 2. The van der Waals surface area contributed by atoms with E-state index in [4.69, 9.17) is 4.74 Å². The second kappa shape index (κ2) is 9.93. The Bertz CT molecular complexity index is 1110. The molecule has 0 unspecified atom stereocenters. The molecule has 33 heavy (non-hydrogen) atoms. The maximum atomic E-state index is 13.3. The molecule has 0 radical (unpaired) electrons. The Hall–Kier alpha value is -2.91. The second-order valence-corrected chi connectivity index (χ2v) is 10.4. The summed E-state index contributed by atoms with van der Waals surface area (Å²) in [5, 5.41) is 0. The van der Waals surface area contributed by atoms with Crippen molar-refractivity contribution in [3.63, 3.8) is 0 Å². The molecule has 2 aromatic rings. The average Bonchev–Trinajstić information content (AvgIpc) is 3.11. The highest BCUT2D eigenvalue weighted by Gasteiger charge is 2.32. The van der Waals surface area contributed by atoms with Crippen molar-refractivity contribution in [2.24, 2.45) is 0 Å². The number of likely N-dealkylation sites (N-methyl/N-ethyl adjacent to an activating group) is 1. The Morgan fingerprint density at radius 1 is 1.03 bits per heavy atom. The van der Waals surface area contributed by atoms with Crippen LogP contribution in [0.25, 0.3) is 0 Å². The molecule has 2 aliphatic heterocycles. The van der Waals surface area contributed by atoms with Crippen LogP contribution >= 0.6 is 0 Å². The first-order chi connectivity index (χ1) is 15.9. The third-order valence-corrected chi connectivity index (χ3v) is 7.95. The summed E-state index contributed by atoms with van der Waals surface area (Å²) in [6.45, 7) is 1.00. The van der Waals surface area contributed by atoms with Crippen LogP contribution in [0, 0.1) is 0 Å². The molecule has 0 aliphatic carbocycles. The molecule has 0 saturated carbocycles. The molecule has 0 aromatic heterocycles. The number of benzene rings is 2. The third-order valence-electron chi connectivity index (χ3n) is 6.06. The van der Waals surface area contributed by atoms with Crippen molar-refractivity contribution < 1.29 is 22.7 Å². The quantitative estimate of drug-likeness (QED) is 0.646. The SMILES string of the molecule is CN(Cc1ccccc1)C(=O)CN1C(=O)COc2ccc(S(=O)(=O)N3CCCCCC3)cc21.